The molecule has 1 aromatic carbocycles. The van der Waals surface area contributed by atoms with Gasteiger partial charge in [-0.25, -0.2) is 14.0 Å². The molecule has 1 aromatic rings. The number of urea groups is 1. The highest BCUT2D eigenvalue weighted by Crippen LogP contribution is 2.32. The highest BCUT2D eigenvalue weighted by molar-refractivity contribution is 5.95. The minimum absolute atomic E-state index is 0.227. The Morgan fingerprint density at radius 3 is 2.68 bits per heavy atom. The molecule has 0 radical (unpaired) electrons. The number of carbonyl (C=O) groups is 2. The van der Waals surface area contributed by atoms with Crippen molar-refractivity contribution in [2.45, 2.75) is 32.7 Å². The number of amides is 2. The number of ether oxygens (including phenoxy) is 1. The molecule has 0 aliphatic carbocycles. The summed E-state index contributed by atoms with van der Waals surface area (Å²) < 4.78 is 19.1. The van der Waals surface area contributed by atoms with E-state index in [1.807, 2.05) is 0 Å². The van der Waals surface area contributed by atoms with Crippen LogP contribution in [0.5, 0.6) is 0 Å². The zero-order valence-corrected chi connectivity index (χ0v) is 16.7. The molecule has 2 amide bonds. The van der Waals surface area contributed by atoms with Crippen molar-refractivity contribution in [3.8, 4) is 0 Å². The molecule has 1 atom stereocenters. The van der Waals surface area contributed by atoms with Crippen molar-refractivity contribution in [1.82, 2.24) is 15.1 Å². The quantitative estimate of drug-likeness (QED) is 0.787. The van der Waals surface area contributed by atoms with E-state index in [2.05, 4.69) is 17.1 Å². The van der Waals surface area contributed by atoms with E-state index in [9.17, 15) is 14.0 Å². The van der Waals surface area contributed by atoms with E-state index in [1.54, 1.807) is 26.1 Å². The highest BCUT2D eigenvalue weighted by atomic mass is 19.1. The van der Waals surface area contributed by atoms with Gasteiger partial charge in [-0.2, -0.15) is 0 Å². The van der Waals surface area contributed by atoms with Gasteiger partial charge in [-0.1, -0.05) is 19.1 Å². The molecule has 0 saturated carbocycles. The number of likely N-dealkylation sites (N-methyl/N-ethyl adjacent to an activating group) is 1. The van der Waals surface area contributed by atoms with Gasteiger partial charge in [0.2, 0.25) is 0 Å². The summed E-state index contributed by atoms with van der Waals surface area (Å²) in [4.78, 5) is 29.2. The second-order valence-electron chi connectivity index (χ2n) is 7.54. The van der Waals surface area contributed by atoms with Crippen LogP contribution in [0.4, 0.5) is 9.18 Å². The van der Waals surface area contributed by atoms with Crippen LogP contribution < -0.4 is 5.32 Å². The number of piperidine rings is 1. The molecule has 1 saturated heterocycles. The van der Waals surface area contributed by atoms with Crippen LogP contribution in [0.3, 0.4) is 0 Å². The fourth-order valence-electron chi connectivity index (χ4n) is 3.77. The number of hydrogen-bond acceptors (Lipinski definition) is 4. The van der Waals surface area contributed by atoms with E-state index in [1.165, 1.54) is 17.0 Å². The molecule has 0 aromatic heterocycles. The molecular weight excluding hydrogens is 361 g/mol. The van der Waals surface area contributed by atoms with Crippen molar-refractivity contribution >= 4 is 12.0 Å². The number of nitrogens with one attached hydrogen (secondary N) is 1. The third-order valence-electron chi connectivity index (χ3n) is 5.50. The fourth-order valence-corrected chi connectivity index (χ4v) is 3.77. The lowest BCUT2D eigenvalue weighted by Gasteiger charge is -2.38. The monoisotopic (exact) mass is 389 g/mol. The van der Waals surface area contributed by atoms with Crippen LogP contribution in [-0.4, -0.2) is 55.1 Å². The van der Waals surface area contributed by atoms with Crippen molar-refractivity contribution in [3.63, 3.8) is 0 Å². The Kier molecular flexibility index (Phi) is 6.34. The predicted molar refractivity (Wildman–Crippen MR) is 104 cm³/mol. The lowest BCUT2D eigenvalue weighted by Crippen LogP contribution is -2.50. The van der Waals surface area contributed by atoms with Gasteiger partial charge >= 0.3 is 12.0 Å². The smallest absolute Gasteiger partial charge is 0.338 e. The largest absolute Gasteiger partial charge is 0.463 e. The van der Waals surface area contributed by atoms with Gasteiger partial charge in [0.1, 0.15) is 5.82 Å². The Labute approximate surface area is 165 Å². The number of hydrogen-bond donors (Lipinski definition) is 1. The second-order valence-corrected chi connectivity index (χ2v) is 7.54. The number of halogens is 1. The topological polar surface area (TPSA) is 61.9 Å². The number of nitrogens with zero attached hydrogens (tertiary/aromatic N) is 2. The molecule has 152 valence electrons. The average Bonchev–Trinajstić information content (AvgIpc) is 2.67. The summed E-state index contributed by atoms with van der Waals surface area (Å²) in [6.45, 7) is 6.52. The van der Waals surface area contributed by atoms with Gasteiger partial charge in [-0.3, -0.25) is 9.80 Å². The van der Waals surface area contributed by atoms with E-state index < -0.39 is 17.8 Å². The Morgan fingerprint density at radius 1 is 1.32 bits per heavy atom. The molecule has 6 nitrogen and oxygen atoms in total. The molecule has 2 aliphatic heterocycles. The van der Waals surface area contributed by atoms with Gasteiger partial charge in [0.15, 0.2) is 0 Å². The van der Waals surface area contributed by atoms with Gasteiger partial charge in [0.05, 0.1) is 18.2 Å². The van der Waals surface area contributed by atoms with E-state index in [-0.39, 0.29) is 12.6 Å². The van der Waals surface area contributed by atoms with E-state index >= 15 is 0 Å². The Hall–Kier alpha value is -2.41. The van der Waals surface area contributed by atoms with Crippen LogP contribution in [0.1, 0.15) is 38.3 Å². The highest BCUT2D eigenvalue weighted by Gasteiger charge is 2.37. The van der Waals surface area contributed by atoms with Crippen LogP contribution in [0, 0.1) is 11.7 Å². The van der Waals surface area contributed by atoms with Crippen molar-refractivity contribution in [1.29, 1.82) is 0 Å². The minimum Gasteiger partial charge on any atom is -0.463 e. The SMILES string of the molecule is CCOC(=O)C1=C(CN2CCC(C)CC2)N(C)C(=O)N[C@H]1c1cccc(F)c1. The van der Waals surface area contributed by atoms with Crippen molar-refractivity contribution in [3.05, 3.63) is 46.9 Å². The van der Waals surface area contributed by atoms with Gasteiger partial charge in [0.25, 0.3) is 0 Å². The molecule has 0 unspecified atom stereocenters. The lowest BCUT2D eigenvalue weighted by molar-refractivity contribution is -0.139. The summed E-state index contributed by atoms with van der Waals surface area (Å²) in [6.07, 6.45) is 2.18. The Bertz CT molecular complexity index is 772. The molecule has 1 N–H and O–H groups in total. The summed E-state index contributed by atoms with van der Waals surface area (Å²) >= 11 is 0. The molecule has 7 heteroatoms. The van der Waals surface area contributed by atoms with Gasteiger partial charge in [-0.15, -0.1) is 0 Å². The average molecular weight is 389 g/mol. The van der Waals surface area contributed by atoms with Crippen LogP contribution in [0.25, 0.3) is 0 Å². The number of esters is 1. The summed E-state index contributed by atoms with van der Waals surface area (Å²) in [5.74, 6) is -0.216. The van der Waals surface area contributed by atoms with E-state index in [0.29, 0.717) is 29.3 Å². The Morgan fingerprint density at radius 2 is 2.04 bits per heavy atom. The van der Waals surface area contributed by atoms with Crippen LogP contribution in [0.15, 0.2) is 35.5 Å². The van der Waals surface area contributed by atoms with Crippen LogP contribution in [-0.2, 0) is 9.53 Å². The summed E-state index contributed by atoms with van der Waals surface area (Å²) in [5.41, 5.74) is 1.51. The summed E-state index contributed by atoms with van der Waals surface area (Å²) in [6, 6.07) is 4.90. The molecule has 2 aliphatic rings. The number of likely N-dealkylation sites (tertiary alicyclic amines) is 1. The first kappa shape index (κ1) is 20.3. The first-order chi connectivity index (χ1) is 13.4. The third kappa shape index (κ3) is 4.35. The van der Waals surface area contributed by atoms with Crippen LogP contribution >= 0.6 is 0 Å². The van der Waals surface area contributed by atoms with Crippen molar-refractivity contribution in [2.75, 3.05) is 33.3 Å². The van der Waals surface area contributed by atoms with E-state index in [0.717, 1.165) is 25.9 Å². The van der Waals surface area contributed by atoms with Gasteiger partial charge in [0, 0.05) is 19.3 Å². The molecule has 0 spiro atoms. The maximum atomic E-state index is 13.8. The summed E-state index contributed by atoms with van der Waals surface area (Å²) in [7, 11) is 1.65. The van der Waals surface area contributed by atoms with E-state index in [4.69, 9.17) is 4.74 Å². The first-order valence-corrected chi connectivity index (χ1v) is 9.83. The van der Waals surface area contributed by atoms with Gasteiger partial charge < -0.3 is 10.1 Å². The minimum atomic E-state index is -0.739. The third-order valence-corrected chi connectivity index (χ3v) is 5.50. The molecule has 28 heavy (non-hydrogen) atoms. The van der Waals surface area contributed by atoms with Gasteiger partial charge in [-0.05, 0) is 56.5 Å². The fraction of sp³-hybridized carbons (Fsp3) is 0.524. The second kappa shape index (κ2) is 8.73. The van der Waals surface area contributed by atoms with Crippen molar-refractivity contribution < 1.29 is 18.7 Å². The zero-order valence-electron chi connectivity index (χ0n) is 16.7. The number of rotatable bonds is 5. The Balaban J connectivity index is 2.02. The van der Waals surface area contributed by atoms with Crippen molar-refractivity contribution in [2.24, 2.45) is 5.92 Å². The molecule has 3 rings (SSSR count). The predicted octanol–water partition coefficient (Wildman–Crippen LogP) is 3.07. The maximum Gasteiger partial charge on any atom is 0.338 e. The van der Waals surface area contributed by atoms with Crippen LogP contribution in [0.2, 0.25) is 0 Å². The first-order valence-electron chi connectivity index (χ1n) is 9.83. The lowest BCUT2D eigenvalue weighted by atomic mass is 9.93. The molecule has 2 heterocycles. The number of carbonyl (C=O) groups excluding carboxylic acids is 2. The summed E-state index contributed by atoms with van der Waals surface area (Å²) in [5, 5.41) is 2.82. The normalized spacial score (nSPS) is 21.6. The number of benzene rings is 1. The maximum absolute atomic E-state index is 13.8. The molecule has 1 fully saturated rings. The standard InChI is InChI=1S/C21H28FN3O3/c1-4-28-20(26)18-17(13-25-10-8-14(2)9-11-25)24(3)21(27)23-19(18)15-6-5-7-16(22)12-15/h5-7,12,14,19H,4,8-11,13H2,1-3H3,(H,23,27)/t19-/m0/s1. The zero-order chi connectivity index (χ0) is 20.3. The molecular formula is C21H28FN3O3. The molecule has 0 bridgehead atoms.